The zero-order valence-corrected chi connectivity index (χ0v) is 8.16. The molecule has 1 aliphatic carbocycles. The van der Waals surface area contributed by atoms with Gasteiger partial charge in [0.1, 0.15) is 11.8 Å². The van der Waals surface area contributed by atoms with Crippen molar-refractivity contribution in [1.29, 1.82) is 5.26 Å². The Labute approximate surface area is 82.1 Å². The highest BCUT2D eigenvalue weighted by Gasteiger charge is 2.37. The summed E-state index contributed by atoms with van der Waals surface area (Å²) in [7, 11) is -3.26. The van der Waals surface area contributed by atoms with E-state index >= 15 is 0 Å². The number of aromatic nitrogens is 1. The summed E-state index contributed by atoms with van der Waals surface area (Å²) in [6, 6.07) is 6.30. The molecule has 0 atom stereocenters. The first kappa shape index (κ1) is 9.16. The number of hydrogen-bond acceptors (Lipinski definition) is 4. The SMILES string of the molecule is N#Cc1cccc(S(=O)(=O)C2CC2)n1. The van der Waals surface area contributed by atoms with Gasteiger partial charge in [-0.1, -0.05) is 6.07 Å². The molecular formula is C9H8N2O2S. The fraction of sp³-hybridized carbons (Fsp3) is 0.333. The smallest absolute Gasteiger partial charge is 0.198 e. The molecule has 1 heterocycles. The molecule has 0 aliphatic heterocycles. The van der Waals surface area contributed by atoms with Gasteiger partial charge in [0.25, 0.3) is 0 Å². The maximum absolute atomic E-state index is 11.7. The summed E-state index contributed by atoms with van der Waals surface area (Å²) < 4.78 is 23.4. The average molecular weight is 208 g/mol. The molecular weight excluding hydrogens is 200 g/mol. The molecule has 72 valence electrons. The van der Waals surface area contributed by atoms with E-state index in [1.54, 1.807) is 6.07 Å². The number of pyridine rings is 1. The lowest BCUT2D eigenvalue weighted by Crippen LogP contribution is -2.09. The highest BCUT2D eigenvalue weighted by Crippen LogP contribution is 2.32. The fourth-order valence-corrected chi connectivity index (χ4v) is 2.78. The van der Waals surface area contributed by atoms with Crippen LogP contribution in [0.1, 0.15) is 18.5 Å². The molecule has 4 nitrogen and oxygen atoms in total. The summed E-state index contributed by atoms with van der Waals surface area (Å²) in [6.07, 6.45) is 1.42. The van der Waals surface area contributed by atoms with Crippen LogP contribution in [0.15, 0.2) is 23.2 Å². The molecule has 0 bridgehead atoms. The Hall–Kier alpha value is -1.41. The van der Waals surface area contributed by atoms with Gasteiger partial charge in [-0.2, -0.15) is 5.26 Å². The summed E-state index contributed by atoms with van der Waals surface area (Å²) in [5, 5.41) is 8.33. The van der Waals surface area contributed by atoms with Crippen molar-refractivity contribution in [3.63, 3.8) is 0 Å². The Balaban J connectivity index is 2.47. The van der Waals surface area contributed by atoms with Crippen LogP contribution in [-0.4, -0.2) is 18.7 Å². The molecule has 0 saturated heterocycles. The van der Waals surface area contributed by atoms with E-state index in [4.69, 9.17) is 5.26 Å². The van der Waals surface area contributed by atoms with Crippen LogP contribution >= 0.6 is 0 Å². The number of nitrogens with zero attached hydrogens (tertiary/aromatic N) is 2. The summed E-state index contributed by atoms with van der Waals surface area (Å²) in [5.74, 6) is 0. The molecule has 0 amide bonds. The van der Waals surface area contributed by atoms with Crippen molar-refractivity contribution in [3.05, 3.63) is 23.9 Å². The van der Waals surface area contributed by atoms with Crippen LogP contribution in [0.5, 0.6) is 0 Å². The van der Waals surface area contributed by atoms with E-state index < -0.39 is 9.84 Å². The molecule has 2 rings (SSSR count). The zero-order chi connectivity index (χ0) is 10.2. The molecule has 0 radical (unpaired) electrons. The van der Waals surface area contributed by atoms with E-state index in [1.165, 1.54) is 12.1 Å². The van der Waals surface area contributed by atoms with Gasteiger partial charge in [-0.15, -0.1) is 0 Å². The first-order chi connectivity index (χ1) is 6.64. The van der Waals surface area contributed by atoms with Crippen molar-refractivity contribution in [3.8, 4) is 6.07 Å². The Kier molecular flexibility index (Phi) is 2.01. The largest absolute Gasteiger partial charge is 0.226 e. The van der Waals surface area contributed by atoms with E-state index in [1.807, 2.05) is 6.07 Å². The van der Waals surface area contributed by atoms with Gasteiger partial charge < -0.3 is 0 Å². The van der Waals surface area contributed by atoms with E-state index in [0.29, 0.717) is 12.8 Å². The Morgan fingerprint density at radius 2 is 2.14 bits per heavy atom. The summed E-state index contributed by atoms with van der Waals surface area (Å²) in [5.41, 5.74) is 0.145. The molecule has 0 aromatic carbocycles. The van der Waals surface area contributed by atoms with E-state index in [9.17, 15) is 8.42 Å². The van der Waals surface area contributed by atoms with Gasteiger partial charge in [-0.05, 0) is 25.0 Å². The van der Waals surface area contributed by atoms with Crippen molar-refractivity contribution in [1.82, 2.24) is 4.98 Å². The van der Waals surface area contributed by atoms with Crippen LogP contribution in [-0.2, 0) is 9.84 Å². The van der Waals surface area contributed by atoms with E-state index in [2.05, 4.69) is 4.98 Å². The first-order valence-corrected chi connectivity index (χ1v) is 5.80. The minimum absolute atomic E-state index is 0.0269. The van der Waals surface area contributed by atoms with Crippen molar-refractivity contribution < 1.29 is 8.42 Å². The van der Waals surface area contributed by atoms with Crippen molar-refractivity contribution in [2.75, 3.05) is 0 Å². The molecule has 5 heteroatoms. The van der Waals surface area contributed by atoms with Gasteiger partial charge >= 0.3 is 0 Å². The highest BCUT2D eigenvalue weighted by atomic mass is 32.2. The summed E-state index contributed by atoms with van der Waals surface area (Å²) in [6.45, 7) is 0. The molecule has 1 fully saturated rings. The Morgan fingerprint density at radius 3 is 2.71 bits per heavy atom. The van der Waals surface area contributed by atoms with E-state index in [0.717, 1.165) is 0 Å². The van der Waals surface area contributed by atoms with Crippen molar-refractivity contribution in [2.45, 2.75) is 23.1 Å². The van der Waals surface area contributed by atoms with Gasteiger partial charge in [0, 0.05) is 0 Å². The molecule has 0 spiro atoms. The topological polar surface area (TPSA) is 70.8 Å². The molecule has 0 unspecified atom stereocenters. The zero-order valence-electron chi connectivity index (χ0n) is 7.34. The predicted molar refractivity (Wildman–Crippen MR) is 49.2 cm³/mol. The van der Waals surface area contributed by atoms with Crippen LogP contribution in [0.4, 0.5) is 0 Å². The lowest BCUT2D eigenvalue weighted by molar-refractivity contribution is 0.591. The second kappa shape index (κ2) is 3.07. The fourth-order valence-electron chi connectivity index (χ4n) is 1.18. The van der Waals surface area contributed by atoms with Crippen LogP contribution < -0.4 is 0 Å². The maximum Gasteiger partial charge on any atom is 0.198 e. The number of rotatable bonds is 2. The normalized spacial score (nSPS) is 16.2. The Bertz CT molecular complexity index is 498. The van der Waals surface area contributed by atoms with Gasteiger partial charge in [-0.25, -0.2) is 13.4 Å². The van der Waals surface area contributed by atoms with Crippen LogP contribution in [0, 0.1) is 11.3 Å². The lowest BCUT2D eigenvalue weighted by Gasteiger charge is -2.00. The molecule has 1 aromatic heterocycles. The highest BCUT2D eigenvalue weighted by molar-refractivity contribution is 7.92. The minimum atomic E-state index is -3.26. The van der Waals surface area contributed by atoms with Gasteiger partial charge in [-0.3, -0.25) is 0 Å². The number of nitriles is 1. The molecule has 1 saturated carbocycles. The average Bonchev–Trinajstić information content (AvgIpc) is 3.01. The Morgan fingerprint density at radius 1 is 1.43 bits per heavy atom. The second-order valence-corrected chi connectivity index (χ2v) is 5.39. The quantitative estimate of drug-likeness (QED) is 0.723. The molecule has 0 N–H and O–H groups in total. The monoisotopic (exact) mass is 208 g/mol. The van der Waals surface area contributed by atoms with E-state index in [-0.39, 0.29) is 16.0 Å². The first-order valence-electron chi connectivity index (χ1n) is 4.25. The molecule has 14 heavy (non-hydrogen) atoms. The van der Waals surface area contributed by atoms with Crippen LogP contribution in [0.2, 0.25) is 0 Å². The lowest BCUT2D eigenvalue weighted by atomic mass is 10.4. The summed E-state index contributed by atoms with van der Waals surface area (Å²) in [4.78, 5) is 3.78. The van der Waals surface area contributed by atoms with Gasteiger partial charge in [0.2, 0.25) is 0 Å². The van der Waals surface area contributed by atoms with Crippen LogP contribution in [0.3, 0.4) is 0 Å². The van der Waals surface area contributed by atoms with Crippen LogP contribution in [0.25, 0.3) is 0 Å². The van der Waals surface area contributed by atoms with Crippen molar-refractivity contribution in [2.24, 2.45) is 0 Å². The minimum Gasteiger partial charge on any atom is -0.226 e. The number of sulfone groups is 1. The second-order valence-electron chi connectivity index (χ2n) is 3.22. The number of hydrogen-bond donors (Lipinski definition) is 0. The predicted octanol–water partition coefficient (Wildman–Crippen LogP) is 0.889. The van der Waals surface area contributed by atoms with Crippen molar-refractivity contribution >= 4 is 9.84 Å². The standard InChI is InChI=1S/C9H8N2O2S/c10-6-7-2-1-3-9(11-7)14(12,13)8-4-5-8/h1-3,8H,4-5H2. The third-order valence-corrected chi connectivity index (χ3v) is 4.25. The van der Waals surface area contributed by atoms with Gasteiger partial charge in [0.05, 0.1) is 5.25 Å². The third kappa shape index (κ3) is 1.49. The molecule has 1 aromatic rings. The summed E-state index contributed by atoms with van der Waals surface area (Å²) >= 11 is 0. The third-order valence-electron chi connectivity index (χ3n) is 2.09. The van der Waals surface area contributed by atoms with Gasteiger partial charge in [0.15, 0.2) is 14.9 Å². The maximum atomic E-state index is 11.7. The molecule has 1 aliphatic rings.